The molecule has 0 bridgehead atoms. The van der Waals surface area contributed by atoms with E-state index in [1.165, 1.54) is 10.5 Å². The number of nitrogens with one attached hydrogen (secondary N) is 1. The van der Waals surface area contributed by atoms with E-state index in [1.807, 2.05) is 62.8 Å². The zero-order chi connectivity index (χ0) is 16.9. The van der Waals surface area contributed by atoms with Crippen LogP contribution in [0, 0.1) is 0 Å². The van der Waals surface area contributed by atoms with Crippen LogP contribution in [0.1, 0.15) is 15.9 Å². The number of ether oxygens (including phenoxy) is 1. The fraction of sp³-hybridized carbons (Fsp3) is 0.250. The Morgan fingerprint density at radius 1 is 1.04 bits per heavy atom. The molecule has 1 N–H and O–H groups in total. The molecule has 3 aromatic rings. The molecule has 0 amide bonds. The van der Waals surface area contributed by atoms with Gasteiger partial charge in [-0.3, -0.25) is 0 Å². The SMILES string of the molecule is C[NH+](C)CCOC(=O)c1cn(Cc2ccccc2)c2ccccc12. The third-order valence-corrected chi connectivity index (χ3v) is 4.04. The second kappa shape index (κ2) is 7.32. The highest BCUT2D eigenvalue weighted by Gasteiger charge is 2.16. The molecule has 0 radical (unpaired) electrons. The quantitative estimate of drug-likeness (QED) is 0.704. The Hall–Kier alpha value is -2.59. The molecular formula is C20H23N2O2+. The topological polar surface area (TPSA) is 35.7 Å². The summed E-state index contributed by atoms with van der Waals surface area (Å²) < 4.78 is 7.55. The molecule has 0 spiro atoms. The average molecular weight is 323 g/mol. The highest BCUT2D eigenvalue weighted by atomic mass is 16.5. The minimum Gasteiger partial charge on any atom is -0.456 e. The summed E-state index contributed by atoms with van der Waals surface area (Å²) in [7, 11) is 4.08. The zero-order valence-electron chi connectivity index (χ0n) is 14.2. The van der Waals surface area contributed by atoms with Gasteiger partial charge in [-0.2, -0.15) is 0 Å². The van der Waals surface area contributed by atoms with Gasteiger partial charge in [-0.05, 0) is 11.6 Å². The van der Waals surface area contributed by atoms with E-state index < -0.39 is 0 Å². The summed E-state index contributed by atoms with van der Waals surface area (Å²) in [6.07, 6.45) is 1.91. The van der Waals surface area contributed by atoms with Crippen molar-refractivity contribution in [3.05, 3.63) is 71.9 Å². The maximum Gasteiger partial charge on any atom is 0.340 e. The van der Waals surface area contributed by atoms with Gasteiger partial charge >= 0.3 is 5.97 Å². The molecule has 0 aliphatic carbocycles. The summed E-state index contributed by atoms with van der Waals surface area (Å²) in [5.41, 5.74) is 2.89. The average Bonchev–Trinajstić information content (AvgIpc) is 2.94. The van der Waals surface area contributed by atoms with Gasteiger partial charge in [0.05, 0.1) is 19.7 Å². The van der Waals surface area contributed by atoms with Crippen molar-refractivity contribution in [1.82, 2.24) is 4.57 Å². The van der Waals surface area contributed by atoms with Gasteiger partial charge in [0, 0.05) is 23.6 Å². The third-order valence-electron chi connectivity index (χ3n) is 4.04. The Balaban J connectivity index is 1.87. The van der Waals surface area contributed by atoms with E-state index in [4.69, 9.17) is 4.74 Å². The number of carbonyl (C=O) groups is 1. The lowest BCUT2D eigenvalue weighted by molar-refractivity contribution is -0.858. The summed E-state index contributed by atoms with van der Waals surface area (Å²) in [5.74, 6) is -0.251. The molecule has 1 aromatic heterocycles. The maximum atomic E-state index is 12.5. The summed E-state index contributed by atoms with van der Waals surface area (Å²) in [6.45, 7) is 1.96. The Bertz CT molecular complexity index is 822. The first-order valence-corrected chi connectivity index (χ1v) is 8.23. The van der Waals surface area contributed by atoms with Gasteiger partial charge in [0.15, 0.2) is 0 Å². The van der Waals surface area contributed by atoms with Crippen LogP contribution in [-0.2, 0) is 11.3 Å². The van der Waals surface area contributed by atoms with Gasteiger partial charge in [0.1, 0.15) is 13.2 Å². The lowest BCUT2D eigenvalue weighted by atomic mass is 10.2. The number of fused-ring (bicyclic) bond motifs is 1. The largest absolute Gasteiger partial charge is 0.456 e. The standard InChI is InChI=1S/C20H22N2O2/c1-21(2)12-13-24-20(23)18-15-22(14-16-8-4-3-5-9-16)19-11-7-6-10-17(18)19/h3-11,15H,12-14H2,1-2H3/p+1. The number of likely N-dealkylation sites (N-methyl/N-ethyl adjacent to an activating group) is 1. The molecular weight excluding hydrogens is 300 g/mol. The van der Waals surface area contributed by atoms with E-state index in [0.717, 1.165) is 24.0 Å². The number of aromatic nitrogens is 1. The first-order chi connectivity index (χ1) is 11.6. The van der Waals surface area contributed by atoms with Crippen LogP contribution in [0.3, 0.4) is 0 Å². The Kier molecular flexibility index (Phi) is 4.96. The summed E-state index contributed by atoms with van der Waals surface area (Å²) in [6, 6.07) is 18.2. The van der Waals surface area contributed by atoms with Crippen LogP contribution in [0.25, 0.3) is 10.9 Å². The van der Waals surface area contributed by atoms with E-state index in [-0.39, 0.29) is 5.97 Å². The van der Waals surface area contributed by atoms with Crippen LogP contribution in [0.4, 0.5) is 0 Å². The molecule has 124 valence electrons. The van der Waals surface area contributed by atoms with Crippen molar-refractivity contribution in [1.29, 1.82) is 0 Å². The molecule has 0 fully saturated rings. The van der Waals surface area contributed by atoms with E-state index >= 15 is 0 Å². The number of benzene rings is 2. The summed E-state index contributed by atoms with van der Waals surface area (Å²) in [4.78, 5) is 13.7. The van der Waals surface area contributed by atoms with Gasteiger partial charge in [0.25, 0.3) is 0 Å². The monoisotopic (exact) mass is 323 g/mol. The molecule has 0 saturated heterocycles. The third kappa shape index (κ3) is 3.66. The molecule has 0 saturated carbocycles. The Morgan fingerprint density at radius 3 is 2.50 bits per heavy atom. The second-order valence-corrected chi connectivity index (χ2v) is 6.27. The smallest absolute Gasteiger partial charge is 0.340 e. The van der Waals surface area contributed by atoms with Crippen LogP contribution in [-0.4, -0.2) is 37.8 Å². The minimum absolute atomic E-state index is 0.251. The number of hydrogen-bond acceptors (Lipinski definition) is 2. The fourth-order valence-electron chi connectivity index (χ4n) is 2.75. The van der Waals surface area contributed by atoms with Crippen molar-refractivity contribution in [2.75, 3.05) is 27.2 Å². The Labute approximate surface area is 142 Å². The zero-order valence-corrected chi connectivity index (χ0v) is 14.2. The molecule has 4 heteroatoms. The van der Waals surface area contributed by atoms with Gasteiger partial charge in [-0.1, -0.05) is 48.5 Å². The normalized spacial score (nSPS) is 11.1. The molecule has 3 rings (SSSR count). The van der Waals surface area contributed by atoms with Crippen molar-refractivity contribution < 1.29 is 14.4 Å². The molecule has 0 aliphatic rings. The van der Waals surface area contributed by atoms with Crippen LogP contribution >= 0.6 is 0 Å². The van der Waals surface area contributed by atoms with Crippen LogP contribution in [0.15, 0.2) is 60.8 Å². The van der Waals surface area contributed by atoms with E-state index in [9.17, 15) is 4.79 Å². The second-order valence-electron chi connectivity index (χ2n) is 6.27. The predicted octanol–water partition coefficient (Wildman–Crippen LogP) is 1.99. The van der Waals surface area contributed by atoms with Crippen LogP contribution in [0.2, 0.25) is 0 Å². The lowest BCUT2D eigenvalue weighted by Gasteiger charge is -2.07. The molecule has 0 unspecified atom stereocenters. The molecule has 1 heterocycles. The van der Waals surface area contributed by atoms with E-state index in [2.05, 4.69) is 16.7 Å². The highest BCUT2D eigenvalue weighted by molar-refractivity contribution is 6.04. The number of quaternary nitrogens is 1. The first-order valence-electron chi connectivity index (χ1n) is 8.23. The van der Waals surface area contributed by atoms with Crippen molar-refractivity contribution in [2.24, 2.45) is 0 Å². The minimum atomic E-state index is -0.251. The predicted molar refractivity (Wildman–Crippen MR) is 95.4 cm³/mol. The first kappa shape index (κ1) is 16.3. The number of para-hydroxylation sites is 1. The van der Waals surface area contributed by atoms with Gasteiger partial charge in [-0.25, -0.2) is 4.79 Å². The van der Waals surface area contributed by atoms with Crippen molar-refractivity contribution in [3.8, 4) is 0 Å². The summed E-state index contributed by atoms with van der Waals surface area (Å²) >= 11 is 0. The molecule has 4 nitrogen and oxygen atoms in total. The van der Waals surface area contributed by atoms with Crippen molar-refractivity contribution in [2.45, 2.75) is 6.54 Å². The van der Waals surface area contributed by atoms with Crippen molar-refractivity contribution in [3.63, 3.8) is 0 Å². The van der Waals surface area contributed by atoms with E-state index in [1.54, 1.807) is 0 Å². The number of carbonyl (C=O) groups excluding carboxylic acids is 1. The van der Waals surface area contributed by atoms with Gasteiger partial charge in [0.2, 0.25) is 0 Å². The fourth-order valence-corrected chi connectivity index (χ4v) is 2.75. The van der Waals surface area contributed by atoms with Gasteiger partial charge in [-0.15, -0.1) is 0 Å². The van der Waals surface area contributed by atoms with Gasteiger partial charge < -0.3 is 14.2 Å². The molecule has 2 aromatic carbocycles. The van der Waals surface area contributed by atoms with Crippen LogP contribution < -0.4 is 4.90 Å². The van der Waals surface area contributed by atoms with Crippen molar-refractivity contribution >= 4 is 16.9 Å². The molecule has 0 atom stereocenters. The highest BCUT2D eigenvalue weighted by Crippen LogP contribution is 2.23. The number of esters is 1. The number of rotatable bonds is 6. The number of nitrogens with zero attached hydrogens (tertiary/aromatic N) is 1. The molecule has 0 aliphatic heterocycles. The summed E-state index contributed by atoms with van der Waals surface area (Å²) in [5, 5.41) is 0.940. The lowest BCUT2D eigenvalue weighted by Crippen LogP contribution is -3.06. The Morgan fingerprint density at radius 2 is 1.75 bits per heavy atom. The molecule has 24 heavy (non-hydrogen) atoms. The van der Waals surface area contributed by atoms with Crippen LogP contribution in [0.5, 0.6) is 0 Å². The maximum absolute atomic E-state index is 12.5. The number of hydrogen-bond donors (Lipinski definition) is 1. The van der Waals surface area contributed by atoms with E-state index in [0.29, 0.717) is 12.2 Å².